The zero-order valence-electron chi connectivity index (χ0n) is 45.5. The third-order valence-corrected chi connectivity index (χ3v) is 14.1. The minimum absolute atomic E-state index is 0.0612. The Bertz CT molecular complexity index is 3420. The van der Waals surface area contributed by atoms with E-state index in [1.165, 1.54) is 10.9 Å². The molecule has 7 aromatic carbocycles. The van der Waals surface area contributed by atoms with Crippen molar-refractivity contribution in [3.63, 3.8) is 0 Å². The van der Waals surface area contributed by atoms with Gasteiger partial charge in [0.25, 0.3) is 0 Å². The summed E-state index contributed by atoms with van der Waals surface area (Å²) in [5.41, 5.74) is 22.2. The molecule has 2 heterocycles. The summed E-state index contributed by atoms with van der Waals surface area (Å²) in [7, 11) is 0. The minimum Gasteiger partial charge on any atom is -0.388 e. The number of benzene rings is 7. The average molecular weight is 1090 g/mol. The second kappa shape index (κ2) is 29.5. The third-order valence-electron chi connectivity index (χ3n) is 14.1. The average Bonchev–Trinajstić information content (AvgIpc) is 3.50. The summed E-state index contributed by atoms with van der Waals surface area (Å²) >= 11 is 0. The standard InChI is InChI=1S/C24H27N5O.C20H26N4O2.C19H19N5O/c25-23(26-17-21-11-6-10-20-9-4-5-12-22(20)21)27-24(30)29-15-13-28(14-16-29)18-19-7-2-1-3-8-19;21-18(24-19(25)23-14-20(26)11-4-1-5-12-20)22-13-16-9-6-8-15-7-2-3-10-17(15)16;20-18(24-19(25)23-12-14-5-4-10-21-11-14)22-13-16-8-3-7-15-6-1-2-9-17(15)16/h1-12H,13-18H2,(H3,25,26,27,30);2-3,6-10,26H,1,4-5,11-14H2,(H4,21,22,23,24,25);1-11H,12-13H2,(H4,20,22,23,24,25). The third kappa shape index (κ3) is 18.1. The van der Waals surface area contributed by atoms with Crippen molar-refractivity contribution in [2.75, 3.05) is 32.7 Å². The highest BCUT2D eigenvalue weighted by molar-refractivity contribution is 5.97. The lowest BCUT2D eigenvalue weighted by atomic mass is 9.85. The van der Waals surface area contributed by atoms with Crippen LogP contribution >= 0.6 is 0 Å². The van der Waals surface area contributed by atoms with Gasteiger partial charge in [-0.25, -0.2) is 29.4 Å². The largest absolute Gasteiger partial charge is 0.388 e. The second-order valence-electron chi connectivity index (χ2n) is 20.0. The molecule has 2 aliphatic rings. The molecule has 12 N–H and O–H groups in total. The Kier molecular flexibility index (Phi) is 21.1. The van der Waals surface area contributed by atoms with Crippen molar-refractivity contribution in [1.29, 1.82) is 0 Å². The van der Waals surface area contributed by atoms with Crippen LogP contribution in [0.3, 0.4) is 0 Å². The molecule has 0 bridgehead atoms. The first-order valence-corrected chi connectivity index (χ1v) is 27.3. The maximum atomic E-state index is 12.5. The van der Waals surface area contributed by atoms with Gasteiger partial charge in [-0.3, -0.25) is 25.8 Å². The summed E-state index contributed by atoms with van der Waals surface area (Å²) in [6, 6.07) is 55.6. The number of carbonyl (C=O) groups excluding carboxylic acids is 3. The summed E-state index contributed by atoms with van der Waals surface area (Å²) < 4.78 is 0. The van der Waals surface area contributed by atoms with Gasteiger partial charge < -0.3 is 37.8 Å². The first kappa shape index (κ1) is 57.8. The Morgan fingerprint density at radius 2 is 0.951 bits per heavy atom. The number of nitrogens with two attached hydrogens (primary N) is 3. The quantitative estimate of drug-likeness (QED) is 0.0420. The van der Waals surface area contributed by atoms with E-state index in [9.17, 15) is 19.5 Å². The van der Waals surface area contributed by atoms with Crippen LogP contribution in [0.5, 0.6) is 0 Å². The maximum absolute atomic E-state index is 12.5. The number of pyridine rings is 1. The molecule has 1 aromatic heterocycles. The predicted octanol–water partition coefficient (Wildman–Crippen LogP) is 8.38. The van der Waals surface area contributed by atoms with E-state index >= 15 is 0 Å². The van der Waals surface area contributed by atoms with Gasteiger partial charge in [-0.05, 0) is 79.0 Å². The number of guanidine groups is 3. The lowest BCUT2D eigenvalue weighted by Crippen LogP contribution is -2.53. The van der Waals surface area contributed by atoms with E-state index in [0.29, 0.717) is 39.3 Å². The number of urea groups is 3. The van der Waals surface area contributed by atoms with Crippen molar-refractivity contribution >= 4 is 68.3 Å². The summed E-state index contributed by atoms with van der Waals surface area (Å²) in [5.74, 6) is 0.294. The number of amides is 6. The molecule has 18 heteroatoms. The highest BCUT2D eigenvalue weighted by atomic mass is 16.3. The lowest BCUT2D eigenvalue weighted by Gasteiger charge is -2.34. The molecule has 0 spiro atoms. The van der Waals surface area contributed by atoms with Gasteiger partial charge >= 0.3 is 18.1 Å². The molecular formula is C63H72N14O4. The Labute approximate surface area is 472 Å². The van der Waals surface area contributed by atoms with E-state index in [4.69, 9.17) is 17.2 Å². The fourth-order valence-electron chi connectivity index (χ4n) is 9.70. The van der Waals surface area contributed by atoms with Crippen molar-refractivity contribution in [2.45, 2.75) is 70.4 Å². The van der Waals surface area contributed by atoms with Gasteiger partial charge in [0.1, 0.15) is 0 Å². The Hall–Kier alpha value is -9.39. The zero-order valence-corrected chi connectivity index (χ0v) is 45.5. The summed E-state index contributed by atoms with van der Waals surface area (Å²) in [5, 5.41) is 30.4. The summed E-state index contributed by atoms with van der Waals surface area (Å²) in [6.45, 7) is 5.76. The SMILES string of the molecule is NC(=NCc1cccc2ccccc12)NC(=O)N1CCN(Cc2ccccc2)CC1.NC(=NCc1cccc2ccccc12)NC(=O)NCC1(O)CCCCC1.NC(=NCc1cccc2ccccc12)NC(=O)NCc1cccnc1. The number of nitrogens with zero attached hydrogens (tertiary/aromatic N) is 6. The highest BCUT2D eigenvalue weighted by Gasteiger charge is 2.29. The topological polar surface area (TPSA) is 266 Å². The number of aromatic nitrogens is 1. The van der Waals surface area contributed by atoms with Gasteiger partial charge in [0.15, 0.2) is 17.9 Å². The van der Waals surface area contributed by atoms with Crippen LogP contribution in [-0.2, 0) is 32.7 Å². The van der Waals surface area contributed by atoms with Gasteiger partial charge in [0, 0.05) is 58.2 Å². The molecule has 2 fully saturated rings. The van der Waals surface area contributed by atoms with E-state index in [1.807, 2.05) is 115 Å². The van der Waals surface area contributed by atoms with Gasteiger partial charge in [-0.1, -0.05) is 183 Å². The number of fused-ring (bicyclic) bond motifs is 3. The number of carbonyl (C=O) groups is 3. The van der Waals surface area contributed by atoms with Gasteiger partial charge in [0.05, 0.1) is 25.2 Å². The number of aliphatic hydroxyl groups is 1. The molecular weight excluding hydrogens is 1020 g/mol. The number of hydrogen-bond acceptors (Lipinski definition) is 9. The predicted molar refractivity (Wildman–Crippen MR) is 324 cm³/mol. The van der Waals surface area contributed by atoms with E-state index in [-0.39, 0.29) is 30.5 Å². The highest BCUT2D eigenvalue weighted by Crippen LogP contribution is 2.27. The van der Waals surface area contributed by atoms with Crippen LogP contribution in [0.25, 0.3) is 32.3 Å². The Morgan fingerprint density at radius 3 is 1.44 bits per heavy atom. The Balaban J connectivity index is 0.000000160. The van der Waals surface area contributed by atoms with Crippen LogP contribution in [0.2, 0.25) is 0 Å². The van der Waals surface area contributed by atoms with Crippen LogP contribution in [0.4, 0.5) is 14.4 Å². The molecule has 0 atom stereocenters. The van der Waals surface area contributed by atoms with E-state index in [1.54, 1.807) is 17.3 Å². The molecule has 1 aliphatic heterocycles. The molecule has 1 saturated carbocycles. The van der Waals surface area contributed by atoms with Gasteiger partial charge in [-0.15, -0.1) is 0 Å². The lowest BCUT2D eigenvalue weighted by molar-refractivity contribution is 0.00730. The van der Waals surface area contributed by atoms with Gasteiger partial charge in [0.2, 0.25) is 0 Å². The second-order valence-corrected chi connectivity index (χ2v) is 20.0. The molecule has 0 unspecified atom stereocenters. The number of nitrogens with one attached hydrogen (secondary N) is 5. The van der Waals surface area contributed by atoms with Crippen molar-refractivity contribution in [3.05, 3.63) is 210 Å². The van der Waals surface area contributed by atoms with Crippen LogP contribution in [0.1, 0.15) is 59.9 Å². The van der Waals surface area contributed by atoms with Crippen molar-refractivity contribution < 1.29 is 19.5 Å². The van der Waals surface area contributed by atoms with Crippen molar-refractivity contribution in [1.82, 2.24) is 41.4 Å². The van der Waals surface area contributed by atoms with Gasteiger partial charge in [-0.2, -0.15) is 0 Å². The molecule has 1 aliphatic carbocycles. The van der Waals surface area contributed by atoms with Crippen LogP contribution in [0, 0.1) is 0 Å². The van der Waals surface area contributed by atoms with Crippen LogP contribution in [-0.4, -0.2) is 94.2 Å². The first-order valence-electron chi connectivity index (χ1n) is 27.3. The minimum atomic E-state index is -0.801. The molecule has 0 radical (unpaired) electrons. The van der Waals surface area contributed by atoms with Crippen LogP contribution in [0.15, 0.2) is 197 Å². The molecule has 81 heavy (non-hydrogen) atoms. The number of rotatable bonds is 12. The fraction of sp³-hybridized carbons (Fsp3) is 0.254. The molecule has 8 aromatic rings. The molecule has 10 rings (SSSR count). The smallest absolute Gasteiger partial charge is 0.324 e. The van der Waals surface area contributed by atoms with Crippen molar-refractivity contribution in [2.24, 2.45) is 32.2 Å². The fourth-order valence-corrected chi connectivity index (χ4v) is 9.70. The normalized spacial score (nSPS) is 14.6. The molecule has 418 valence electrons. The number of hydrogen-bond donors (Lipinski definition) is 9. The number of aliphatic imine (C=N–C) groups is 3. The van der Waals surface area contributed by atoms with E-state index in [0.717, 1.165) is 101 Å². The monoisotopic (exact) mass is 1090 g/mol. The molecule has 1 saturated heterocycles. The van der Waals surface area contributed by atoms with Crippen LogP contribution < -0.4 is 43.8 Å². The van der Waals surface area contributed by atoms with Crippen molar-refractivity contribution in [3.8, 4) is 0 Å². The first-order chi connectivity index (χ1) is 39.5. The molecule has 6 amide bonds. The molecule has 18 nitrogen and oxygen atoms in total. The van der Waals surface area contributed by atoms with E-state index < -0.39 is 17.7 Å². The Morgan fingerprint density at radius 1 is 0.506 bits per heavy atom. The summed E-state index contributed by atoms with van der Waals surface area (Å²) in [4.78, 5) is 57.4. The zero-order chi connectivity index (χ0) is 56.7. The number of piperazine rings is 1. The van der Waals surface area contributed by atoms with E-state index in [2.05, 4.69) is 106 Å². The maximum Gasteiger partial charge on any atom is 0.324 e. The summed E-state index contributed by atoms with van der Waals surface area (Å²) in [6.07, 6.45) is 7.95.